The quantitative estimate of drug-likeness (QED) is 0.877. The standard InChI is InChI=1S/C9H10Cl2FN.ClH/c10-6-1-2-8(11)7(5-6)9(13)3-4-12;/h1-2,5,9H,3-4,13H2;1H/t9-;/m0./s1. The van der Waals surface area contributed by atoms with Gasteiger partial charge in [-0.25, -0.2) is 0 Å². The van der Waals surface area contributed by atoms with Crippen molar-refractivity contribution >= 4 is 35.6 Å². The summed E-state index contributed by atoms with van der Waals surface area (Å²) in [6.07, 6.45) is 0.264. The molecule has 1 atom stereocenters. The summed E-state index contributed by atoms with van der Waals surface area (Å²) in [5.41, 5.74) is 6.39. The highest BCUT2D eigenvalue weighted by atomic mass is 35.5. The van der Waals surface area contributed by atoms with Crippen molar-refractivity contribution in [3.8, 4) is 0 Å². The highest BCUT2D eigenvalue weighted by Crippen LogP contribution is 2.26. The molecule has 0 bridgehead atoms. The molecular formula is C9H11Cl3FN. The summed E-state index contributed by atoms with van der Waals surface area (Å²) in [7, 11) is 0. The molecule has 1 aromatic carbocycles. The Labute approximate surface area is 98.8 Å². The Kier molecular flexibility index (Phi) is 6.45. The van der Waals surface area contributed by atoms with Crippen molar-refractivity contribution in [2.24, 2.45) is 5.73 Å². The van der Waals surface area contributed by atoms with Crippen molar-refractivity contribution in [3.05, 3.63) is 33.8 Å². The molecule has 14 heavy (non-hydrogen) atoms. The normalized spacial score (nSPS) is 12.0. The van der Waals surface area contributed by atoms with E-state index in [2.05, 4.69) is 0 Å². The second-order valence-corrected chi connectivity index (χ2v) is 3.59. The van der Waals surface area contributed by atoms with Crippen LogP contribution in [0, 0.1) is 0 Å². The average molecular weight is 259 g/mol. The summed E-state index contributed by atoms with van der Waals surface area (Å²) < 4.78 is 12.0. The van der Waals surface area contributed by atoms with Crippen LogP contribution in [0.1, 0.15) is 18.0 Å². The van der Waals surface area contributed by atoms with Gasteiger partial charge >= 0.3 is 0 Å². The van der Waals surface area contributed by atoms with Gasteiger partial charge in [-0.15, -0.1) is 12.4 Å². The van der Waals surface area contributed by atoms with E-state index in [9.17, 15) is 4.39 Å². The highest BCUT2D eigenvalue weighted by Gasteiger charge is 2.10. The van der Waals surface area contributed by atoms with Crippen molar-refractivity contribution in [1.29, 1.82) is 0 Å². The molecule has 0 heterocycles. The molecule has 1 aromatic rings. The molecule has 0 spiro atoms. The summed E-state index contributed by atoms with van der Waals surface area (Å²) >= 11 is 11.6. The molecule has 0 fully saturated rings. The maximum atomic E-state index is 12.0. The van der Waals surface area contributed by atoms with Crippen molar-refractivity contribution in [3.63, 3.8) is 0 Å². The minimum absolute atomic E-state index is 0. The Morgan fingerprint density at radius 2 is 2.00 bits per heavy atom. The molecule has 0 aromatic heterocycles. The van der Waals surface area contributed by atoms with Gasteiger partial charge in [0.2, 0.25) is 0 Å². The number of halogens is 4. The lowest BCUT2D eigenvalue weighted by Crippen LogP contribution is -2.11. The van der Waals surface area contributed by atoms with Gasteiger partial charge in [-0.3, -0.25) is 4.39 Å². The van der Waals surface area contributed by atoms with E-state index in [1.54, 1.807) is 18.2 Å². The van der Waals surface area contributed by atoms with E-state index in [1.807, 2.05) is 0 Å². The molecule has 0 unspecified atom stereocenters. The van der Waals surface area contributed by atoms with Crippen LogP contribution in [0.2, 0.25) is 10.0 Å². The van der Waals surface area contributed by atoms with E-state index in [4.69, 9.17) is 28.9 Å². The lowest BCUT2D eigenvalue weighted by molar-refractivity contribution is 0.442. The molecule has 2 N–H and O–H groups in total. The fraction of sp³-hybridized carbons (Fsp3) is 0.333. The Bertz CT molecular complexity index is 293. The highest BCUT2D eigenvalue weighted by molar-refractivity contribution is 6.33. The zero-order valence-electron chi connectivity index (χ0n) is 7.34. The van der Waals surface area contributed by atoms with Crippen molar-refractivity contribution in [2.75, 3.05) is 6.67 Å². The van der Waals surface area contributed by atoms with Gasteiger partial charge in [-0.05, 0) is 30.2 Å². The van der Waals surface area contributed by atoms with Crippen LogP contribution in [-0.2, 0) is 0 Å². The third-order valence-corrected chi connectivity index (χ3v) is 2.36. The third-order valence-electron chi connectivity index (χ3n) is 1.78. The zero-order chi connectivity index (χ0) is 9.84. The van der Waals surface area contributed by atoms with Gasteiger partial charge < -0.3 is 5.73 Å². The molecule has 0 radical (unpaired) electrons. The Balaban J connectivity index is 0.00000169. The second-order valence-electron chi connectivity index (χ2n) is 2.75. The molecule has 0 saturated heterocycles. The van der Waals surface area contributed by atoms with Crippen molar-refractivity contribution in [2.45, 2.75) is 12.5 Å². The monoisotopic (exact) mass is 257 g/mol. The molecule has 0 aliphatic rings. The fourth-order valence-electron chi connectivity index (χ4n) is 1.07. The van der Waals surface area contributed by atoms with Crippen LogP contribution in [-0.4, -0.2) is 6.67 Å². The van der Waals surface area contributed by atoms with E-state index in [-0.39, 0.29) is 24.9 Å². The Hall–Kier alpha value is -0.0200. The molecule has 0 aliphatic heterocycles. The number of nitrogens with two attached hydrogens (primary N) is 1. The summed E-state index contributed by atoms with van der Waals surface area (Å²) in [4.78, 5) is 0. The van der Waals surface area contributed by atoms with Crippen LogP contribution in [0.3, 0.4) is 0 Å². The number of benzene rings is 1. The fourth-order valence-corrected chi connectivity index (χ4v) is 1.51. The van der Waals surface area contributed by atoms with E-state index >= 15 is 0 Å². The summed E-state index contributed by atoms with van der Waals surface area (Å²) in [6.45, 7) is -0.454. The number of rotatable bonds is 3. The minimum atomic E-state index is -0.454. The SMILES string of the molecule is Cl.N[C@@H](CCF)c1cc(Cl)ccc1Cl. The number of hydrogen-bond acceptors (Lipinski definition) is 1. The zero-order valence-corrected chi connectivity index (χ0v) is 9.67. The van der Waals surface area contributed by atoms with Crippen LogP contribution < -0.4 is 5.73 Å². The molecular weight excluding hydrogens is 247 g/mol. The van der Waals surface area contributed by atoms with Crippen LogP contribution >= 0.6 is 35.6 Å². The predicted molar refractivity (Wildman–Crippen MR) is 61.2 cm³/mol. The van der Waals surface area contributed by atoms with Gasteiger partial charge in [-0.2, -0.15) is 0 Å². The first-order valence-electron chi connectivity index (χ1n) is 3.91. The number of hydrogen-bond donors (Lipinski definition) is 1. The van der Waals surface area contributed by atoms with Gasteiger partial charge in [-0.1, -0.05) is 23.2 Å². The van der Waals surface area contributed by atoms with Gasteiger partial charge in [0.1, 0.15) is 0 Å². The minimum Gasteiger partial charge on any atom is -0.324 e. The van der Waals surface area contributed by atoms with E-state index in [0.29, 0.717) is 15.6 Å². The average Bonchev–Trinajstić information content (AvgIpc) is 2.09. The molecule has 80 valence electrons. The second kappa shape index (κ2) is 6.46. The van der Waals surface area contributed by atoms with Crippen molar-refractivity contribution in [1.82, 2.24) is 0 Å². The molecule has 0 amide bonds. The first kappa shape index (κ1) is 14.0. The Morgan fingerprint density at radius 1 is 1.36 bits per heavy atom. The Morgan fingerprint density at radius 3 is 2.57 bits per heavy atom. The molecule has 1 nitrogen and oxygen atoms in total. The maximum absolute atomic E-state index is 12.0. The lowest BCUT2D eigenvalue weighted by atomic mass is 10.1. The first-order valence-corrected chi connectivity index (χ1v) is 4.67. The predicted octanol–water partition coefficient (Wildman–Crippen LogP) is 3.77. The molecule has 5 heteroatoms. The van der Waals surface area contributed by atoms with Crippen LogP contribution in [0.5, 0.6) is 0 Å². The topological polar surface area (TPSA) is 26.0 Å². The molecule has 1 rings (SSSR count). The lowest BCUT2D eigenvalue weighted by Gasteiger charge is -2.11. The van der Waals surface area contributed by atoms with E-state index < -0.39 is 6.67 Å². The van der Waals surface area contributed by atoms with Crippen LogP contribution in [0.25, 0.3) is 0 Å². The molecule has 0 saturated carbocycles. The van der Waals surface area contributed by atoms with Gasteiger partial charge in [0, 0.05) is 16.1 Å². The first-order chi connectivity index (χ1) is 6.15. The summed E-state index contributed by atoms with van der Waals surface area (Å²) in [5.74, 6) is 0. The summed E-state index contributed by atoms with van der Waals surface area (Å²) in [6, 6.07) is 4.63. The van der Waals surface area contributed by atoms with Gasteiger partial charge in [0.05, 0.1) is 6.67 Å². The van der Waals surface area contributed by atoms with Gasteiger partial charge in [0.15, 0.2) is 0 Å². The van der Waals surface area contributed by atoms with E-state index in [0.717, 1.165) is 0 Å². The van der Waals surface area contributed by atoms with E-state index in [1.165, 1.54) is 0 Å². The molecule has 0 aliphatic carbocycles. The maximum Gasteiger partial charge on any atom is 0.0912 e. The number of alkyl halides is 1. The smallest absolute Gasteiger partial charge is 0.0912 e. The van der Waals surface area contributed by atoms with Gasteiger partial charge in [0.25, 0.3) is 0 Å². The third kappa shape index (κ3) is 3.62. The summed E-state index contributed by atoms with van der Waals surface area (Å²) in [5, 5.41) is 1.10. The van der Waals surface area contributed by atoms with Crippen LogP contribution in [0.15, 0.2) is 18.2 Å². The largest absolute Gasteiger partial charge is 0.324 e. The van der Waals surface area contributed by atoms with Crippen LogP contribution in [0.4, 0.5) is 4.39 Å². The van der Waals surface area contributed by atoms with Crippen molar-refractivity contribution < 1.29 is 4.39 Å².